The van der Waals surface area contributed by atoms with E-state index in [0.29, 0.717) is 44.9 Å². The topological polar surface area (TPSA) is 82.8 Å². The standard InChI is InChI=1S/C25H26BrN3O4/c1-3-32-22-13-18(20(26)14-23(22)33-16(2)30)15-27-29-24(17-9-5-4-6-10-17)28-21-12-8-7-11-19(21)25(29)31/h7-8,11-15,17H,3-6,9-10H2,1-2H3. The zero-order valence-electron chi connectivity index (χ0n) is 18.7. The molecule has 1 aliphatic carbocycles. The summed E-state index contributed by atoms with van der Waals surface area (Å²) in [5.74, 6) is 1.21. The normalized spacial score (nSPS) is 14.6. The zero-order chi connectivity index (χ0) is 23.4. The molecule has 0 spiro atoms. The fourth-order valence-electron chi connectivity index (χ4n) is 4.15. The van der Waals surface area contributed by atoms with Crippen molar-refractivity contribution < 1.29 is 14.3 Å². The maximum Gasteiger partial charge on any atom is 0.308 e. The number of nitrogens with zero attached hydrogens (tertiary/aromatic N) is 3. The molecule has 0 bridgehead atoms. The van der Waals surface area contributed by atoms with Crippen LogP contribution in [0.1, 0.15) is 63.3 Å². The SMILES string of the molecule is CCOc1cc(C=Nn2c(C3CCCCC3)nc3ccccc3c2=O)c(Br)cc1OC(C)=O. The quantitative estimate of drug-likeness (QED) is 0.251. The average molecular weight is 512 g/mol. The molecule has 0 aliphatic heterocycles. The smallest absolute Gasteiger partial charge is 0.308 e. The summed E-state index contributed by atoms with van der Waals surface area (Å²) >= 11 is 3.51. The highest BCUT2D eigenvalue weighted by molar-refractivity contribution is 9.10. The van der Waals surface area contributed by atoms with Gasteiger partial charge in [-0.05, 0) is 60.0 Å². The fraction of sp³-hybridized carbons (Fsp3) is 0.360. The molecule has 0 amide bonds. The van der Waals surface area contributed by atoms with Crippen LogP contribution >= 0.6 is 15.9 Å². The van der Waals surface area contributed by atoms with Crippen molar-refractivity contribution in [2.24, 2.45) is 5.10 Å². The van der Waals surface area contributed by atoms with Gasteiger partial charge in [0.15, 0.2) is 11.5 Å². The maximum absolute atomic E-state index is 13.4. The van der Waals surface area contributed by atoms with Gasteiger partial charge in [-0.1, -0.05) is 31.4 Å². The van der Waals surface area contributed by atoms with Crippen LogP contribution < -0.4 is 15.0 Å². The first-order chi connectivity index (χ1) is 16.0. The molecule has 172 valence electrons. The summed E-state index contributed by atoms with van der Waals surface area (Å²) in [5.41, 5.74) is 1.19. The van der Waals surface area contributed by atoms with E-state index in [-0.39, 0.29) is 11.5 Å². The van der Waals surface area contributed by atoms with E-state index in [1.807, 2.05) is 25.1 Å². The predicted molar refractivity (Wildman–Crippen MR) is 131 cm³/mol. The van der Waals surface area contributed by atoms with Gasteiger partial charge in [-0.25, -0.2) is 4.98 Å². The number of carbonyl (C=O) groups excluding carboxylic acids is 1. The molecule has 7 nitrogen and oxygen atoms in total. The van der Waals surface area contributed by atoms with Gasteiger partial charge in [-0.2, -0.15) is 9.78 Å². The highest BCUT2D eigenvalue weighted by Crippen LogP contribution is 2.34. The van der Waals surface area contributed by atoms with E-state index in [1.165, 1.54) is 18.0 Å². The molecular weight excluding hydrogens is 486 g/mol. The van der Waals surface area contributed by atoms with Gasteiger partial charge in [0.2, 0.25) is 0 Å². The van der Waals surface area contributed by atoms with Crippen molar-refractivity contribution in [2.75, 3.05) is 6.61 Å². The second-order valence-corrected chi connectivity index (χ2v) is 8.89. The van der Waals surface area contributed by atoms with Gasteiger partial charge >= 0.3 is 5.97 Å². The van der Waals surface area contributed by atoms with Gasteiger partial charge in [0.1, 0.15) is 5.82 Å². The van der Waals surface area contributed by atoms with Crippen molar-refractivity contribution in [3.8, 4) is 11.5 Å². The van der Waals surface area contributed by atoms with Gasteiger partial charge in [-0.15, -0.1) is 0 Å². The molecule has 2 aromatic carbocycles. The van der Waals surface area contributed by atoms with Crippen molar-refractivity contribution in [3.63, 3.8) is 0 Å². The average Bonchev–Trinajstić information content (AvgIpc) is 2.81. The molecule has 1 aromatic heterocycles. The van der Waals surface area contributed by atoms with Crippen LogP contribution in [0.4, 0.5) is 0 Å². The lowest BCUT2D eigenvalue weighted by molar-refractivity contribution is -0.132. The van der Waals surface area contributed by atoms with Crippen molar-refractivity contribution in [1.29, 1.82) is 0 Å². The monoisotopic (exact) mass is 511 g/mol. The highest BCUT2D eigenvalue weighted by atomic mass is 79.9. The van der Waals surface area contributed by atoms with Crippen LogP contribution in [0.3, 0.4) is 0 Å². The van der Waals surface area contributed by atoms with E-state index in [2.05, 4.69) is 21.0 Å². The number of hydrogen-bond donors (Lipinski definition) is 0. The summed E-state index contributed by atoms with van der Waals surface area (Å²) in [6, 6.07) is 10.8. The van der Waals surface area contributed by atoms with E-state index < -0.39 is 5.97 Å². The van der Waals surface area contributed by atoms with Gasteiger partial charge in [0, 0.05) is 22.9 Å². The van der Waals surface area contributed by atoms with Crippen molar-refractivity contribution >= 4 is 39.0 Å². The lowest BCUT2D eigenvalue weighted by Gasteiger charge is -2.22. The number of aromatic nitrogens is 2. The number of rotatable bonds is 6. The molecule has 0 N–H and O–H groups in total. The molecule has 3 aromatic rings. The molecule has 4 rings (SSSR count). The largest absolute Gasteiger partial charge is 0.490 e. The van der Waals surface area contributed by atoms with Crippen LogP contribution in [0.15, 0.2) is 50.8 Å². The number of para-hydroxylation sites is 1. The molecule has 0 atom stereocenters. The van der Waals surface area contributed by atoms with E-state index in [4.69, 9.17) is 14.5 Å². The van der Waals surface area contributed by atoms with Crippen molar-refractivity contribution in [3.05, 3.63) is 62.6 Å². The number of carbonyl (C=O) groups is 1. The summed E-state index contributed by atoms with van der Waals surface area (Å²) in [7, 11) is 0. The predicted octanol–water partition coefficient (Wildman–Crippen LogP) is 5.41. The van der Waals surface area contributed by atoms with E-state index >= 15 is 0 Å². The molecule has 0 radical (unpaired) electrons. The number of esters is 1. The minimum absolute atomic E-state index is 0.185. The Morgan fingerprint density at radius 2 is 1.97 bits per heavy atom. The first kappa shape index (κ1) is 23.2. The van der Waals surface area contributed by atoms with Crippen LogP contribution in [-0.4, -0.2) is 28.5 Å². The van der Waals surface area contributed by atoms with Crippen LogP contribution in [-0.2, 0) is 4.79 Å². The van der Waals surface area contributed by atoms with Crippen molar-refractivity contribution in [1.82, 2.24) is 9.66 Å². The first-order valence-electron chi connectivity index (χ1n) is 11.2. The zero-order valence-corrected chi connectivity index (χ0v) is 20.3. The third-order valence-electron chi connectivity index (χ3n) is 5.68. The summed E-state index contributed by atoms with van der Waals surface area (Å²) in [6.07, 6.45) is 7.05. The molecule has 0 unspecified atom stereocenters. The Morgan fingerprint density at radius 1 is 1.21 bits per heavy atom. The Labute approximate surface area is 200 Å². The Kier molecular flexibility index (Phi) is 7.23. The highest BCUT2D eigenvalue weighted by Gasteiger charge is 2.22. The number of fused-ring (bicyclic) bond motifs is 1. The lowest BCUT2D eigenvalue weighted by Crippen LogP contribution is -2.25. The maximum atomic E-state index is 13.4. The molecule has 1 saturated carbocycles. The molecule has 33 heavy (non-hydrogen) atoms. The van der Waals surface area contributed by atoms with Gasteiger partial charge in [0.05, 0.1) is 23.7 Å². The molecule has 8 heteroatoms. The Morgan fingerprint density at radius 3 is 2.70 bits per heavy atom. The number of ether oxygens (including phenoxy) is 2. The van der Waals surface area contributed by atoms with Crippen molar-refractivity contribution in [2.45, 2.75) is 51.9 Å². The van der Waals surface area contributed by atoms with Gasteiger partial charge < -0.3 is 9.47 Å². The molecule has 0 saturated heterocycles. The third-order valence-corrected chi connectivity index (χ3v) is 6.36. The van der Waals surface area contributed by atoms with Crippen LogP contribution in [0.25, 0.3) is 10.9 Å². The number of halogens is 1. The summed E-state index contributed by atoms with van der Waals surface area (Å²) in [5, 5.41) is 5.11. The van der Waals surface area contributed by atoms with E-state index in [0.717, 1.165) is 25.7 Å². The molecule has 1 heterocycles. The summed E-state index contributed by atoms with van der Waals surface area (Å²) in [4.78, 5) is 29.6. The van der Waals surface area contributed by atoms with E-state index in [1.54, 1.807) is 24.4 Å². The first-order valence-corrected chi connectivity index (χ1v) is 12.0. The fourth-order valence-corrected chi connectivity index (χ4v) is 4.57. The van der Waals surface area contributed by atoms with Crippen LogP contribution in [0.5, 0.6) is 11.5 Å². The second-order valence-electron chi connectivity index (χ2n) is 8.03. The van der Waals surface area contributed by atoms with Crippen LogP contribution in [0, 0.1) is 0 Å². The second kappa shape index (κ2) is 10.3. The minimum Gasteiger partial charge on any atom is -0.490 e. The molecular formula is C25H26BrN3O4. The third kappa shape index (κ3) is 5.16. The minimum atomic E-state index is -0.435. The van der Waals surface area contributed by atoms with Gasteiger partial charge in [0.25, 0.3) is 5.56 Å². The van der Waals surface area contributed by atoms with Crippen LogP contribution in [0.2, 0.25) is 0 Å². The van der Waals surface area contributed by atoms with E-state index in [9.17, 15) is 9.59 Å². The lowest BCUT2D eigenvalue weighted by atomic mass is 9.88. The Bertz CT molecular complexity index is 1260. The molecule has 1 aliphatic rings. The number of hydrogen-bond acceptors (Lipinski definition) is 6. The van der Waals surface area contributed by atoms with Gasteiger partial charge in [-0.3, -0.25) is 9.59 Å². The number of benzene rings is 2. The Balaban J connectivity index is 1.80. The molecule has 1 fully saturated rings. The summed E-state index contributed by atoms with van der Waals surface area (Å²) < 4.78 is 13.0. The Hall–Kier alpha value is -3.00. The summed E-state index contributed by atoms with van der Waals surface area (Å²) in [6.45, 7) is 3.60.